The van der Waals surface area contributed by atoms with Crippen LogP contribution in [0.4, 0.5) is 5.13 Å². The van der Waals surface area contributed by atoms with Crippen LogP contribution in [0.3, 0.4) is 0 Å². The van der Waals surface area contributed by atoms with Crippen LogP contribution in [0.25, 0.3) is 10.9 Å². The van der Waals surface area contributed by atoms with Crippen molar-refractivity contribution >= 4 is 56.5 Å². The third kappa shape index (κ3) is 2.72. The third-order valence-corrected chi connectivity index (χ3v) is 4.16. The monoisotopic (exact) mass is 353 g/mol. The highest BCUT2D eigenvalue weighted by Crippen LogP contribution is 2.27. The van der Waals surface area contributed by atoms with Gasteiger partial charge in [0.2, 0.25) is 5.43 Å². The minimum atomic E-state index is -1.03. The zero-order valence-corrected chi connectivity index (χ0v) is 13.3. The SMILES string of the molecule is O=C(Nc1nccs1)c1c(C(Cl)Cl)[nH]c2ccccc2c1=O. The van der Waals surface area contributed by atoms with Crippen molar-refractivity contribution in [3.63, 3.8) is 0 Å². The first-order valence-electron chi connectivity index (χ1n) is 6.22. The zero-order chi connectivity index (χ0) is 15.7. The molecule has 2 aromatic heterocycles. The maximum absolute atomic E-state index is 12.6. The van der Waals surface area contributed by atoms with E-state index in [1.54, 1.807) is 35.8 Å². The second-order valence-electron chi connectivity index (χ2n) is 4.38. The zero-order valence-electron chi connectivity index (χ0n) is 11.0. The lowest BCUT2D eigenvalue weighted by Crippen LogP contribution is -2.25. The molecule has 0 saturated carbocycles. The van der Waals surface area contributed by atoms with Gasteiger partial charge in [-0.05, 0) is 12.1 Å². The van der Waals surface area contributed by atoms with Gasteiger partial charge in [0.1, 0.15) is 10.4 Å². The van der Waals surface area contributed by atoms with Crippen LogP contribution in [0, 0.1) is 0 Å². The van der Waals surface area contributed by atoms with Gasteiger partial charge in [-0.2, -0.15) is 0 Å². The van der Waals surface area contributed by atoms with Crippen LogP contribution in [0.5, 0.6) is 0 Å². The van der Waals surface area contributed by atoms with E-state index in [9.17, 15) is 9.59 Å². The van der Waals surface area contributed by atoms with Crippen LogP contribution in [-0.4, -0.2) is 15.9 Å². The highest BCUT2D eigenvalue weighted by molar-refractivity contribution is 7.13. The number of nitrogens with zero attached hydrogens (tertiary/aromatic N) is 1. The summed E-state index contributed by atoms with van der Waals surface area (Å²) < 4.78 is 0. The number of aromatic nitrogens is 2. The first-order valence-corrected chi connectivity index (χ1v) is 7.97. The van der Waals surface area contributed by atoms with E-state index in [-0.39, 0.29) is 11.3 Å². The maximum atomic E-state index is 12.6. The molecule has 2 N–H and O–H groups in total. The molecule has 1 amide bonds. The van der Waals surface area contributed by atoms with Crippen LogP contribution in [0.15, 0.2) is 40.6 Å². The fourth-order valence-electron chi connectivity index (χ4n) is 2.09. The van der Waals surface area contributed by atoms with Gasteiger partial charge >= 0.3 is 0 Å². The van der Waals surface area contributed by atoms with E-state index in [1.807, 2.05) is 0 Å². The van der Waals surface area contributed by atoms with Gasteiger partial charge in [0, 0.05) is 22.5 Å². The number of nitrogens with one attached hydrogen (secondary N) is 2. The second-order valence-corrected chi connectivity index (χ2v) is 6.37. The average molecular weight is 354 g/mol. The predicted octanol–water partition coefficient (Wildman–Crippen LogP) is 3.71. The molecule has 0 saturated heterocycles. The fourth-order valence-corrected chi connectivity index (χ4v) is 2.94. The van der Waals surface area contributed by atoms with E-state index in [0.717, 1.165) is 0 Å². The molecule has 22 heavy (non-hydrogen) atoms. The van der Waals surface area contributed by atoms with Gasteiger partial charge in [-0.15, -0.1) is 11.3 Å². The first kappa shape index (κ1) is 15.0. The number of halogens is 2. The van der Waals surface area contributed by atoms with E-state index >= 15 is 0 Å². The molecule has 1 aromatic carbocycles. The van der Waals surface area contributed by atoms with Gasteiger partial charge in [-0.1, -0.05) is 35.3 Å². The summed E-state index contributed by atoms with van der Waals surface area (Å²) in [7, 11) is 0. The van der Waals surface area contributed by atoms with Crippen LogP contribution in [-0.2, 0) is 0 Å². The smallest absolute Gasteiger partial charge is 0.263 e. The van der Waals surface area contributed by atoms with Crippen molar-refractivity contribution in [3.8, 4) is 0 Å². The highest BCUT2D eigenvalue weighted by Gasteiger charge is 2.23. The lowest BCUT2D eigenvalue weighted by Gasteiger charge is -2.11. The lowest BCUT2D eigenvalue weighted by atomic mass is 10.1. The topological polar surface area (TPSA) is 74.8 Å². The summed E-state index contributed by atoms with van der Waals surface area (Å²) >= 11 is 13.1. The van der Waals surface area contributed by atoms with E-state index in [4.69, 9.17) is 23.2 Å². The molecule has 0 fully saturated rings. The molecule has 112 valence electrons. The van der Waals surface area contributed by atoms with E-state index in [2.05, 4.69) is 15.3 Å². The molecule has 5 nitrogen and oxygen atoms in total. The summed E-state index contributed by atoms with van der Waals surface area (Å²) in [6.45, 7) is 0. The molecule has 3 rings (SSSR count). The van der Waals surface area contributed by atoms with E-state index in [0.29, 0.717) is 16.0 Å². The molecular weight excluding hydrogens is 345 g/mol. The Morgan fingerprint density at radius 1 is 1.32 bits per heavy atom. The molecule has 0 atom stereocenters. The average Bonchev–Trinajstić information content (AvgIpc) is 2.99. The number of pyridine rings is 1. The summed E-state index contributed by atoms with van der Waals surface area (Å²) in [5.74, 6) is -0.594. The molecular formula is C14H9Cl2N3O2S. The van der Waals surface area contributed by atoms with Gasteiger partial charge in [-0.3, -0.25) is 14.9 Å². The number of anilines is 1. The summed E-state index contributed by atoms with van der Waals surface area (Å²) in [5, 5.41) is 5.07. The molecule has 0 aliphatic rings. The third-order valence-electron chi connectivity index (χ3n) is 3.04. The Bertz CT molecular complexity index is 891. The molecule has 8 heteroatoms. The minimum absolute atomic E-state index is 0.107. The van der Waals surface area contributed by atoms with Gasteiger partial charge in [-0.25, -0.2) is 4.98 Å². The van der Waals surface area contributed by atoms with Crippen molar-refractivity contribution < 1.29 is 4.79 Å². The Hall–Kier alpha value is -1.89. The number of hydrogen-bond acceptors (Lipinski definition) is 4. The summed E-state index contributed by atoms with van der Waals surface area (Å²) in [6.07, 6.45) is 1.55. The van der Waals surface area contributed by atoms with Crippen molar-refractivity contribution in [1.82, 2.24) is 9.97 Å². The van der Waals surface area contributed by atoms with Crippen molar-refractivity contribution in [1.29, 1.82) is 0 Å². The minimum Gasteiger partial charge on any atom is -0.355 e. The number of H-pyrrole nitrogens is 1. The molecule has 3 aromatic rings. The number of carbonyl (C=O) groups excluding carboxylic acids is 1. The molecule has 0 unspecified atom stereocenters. The second kappa shape index (κ2) is 6.08. The Labute approximate surface area is 138 Å². The molecule has 0 bridgehead atoms. The van der Waals surface area contributed by atoms with Crippen LogP contribution < -0.4 is 10.7 Å². The summed E-state index contributed by atoms with van der Waals surface area (Å²) in [4.78, 5) is 30.9. The number of aromatic amines is 1. The number of thiazole rings is 1. The number of fused-ring (bicyclic) bond motifs is 1. The van der Waals surface area contributed by atoms with Crippen LogP contribution >= 0.6 is 34.5 Å². The van der Waals surface area contributed by atoms with Gasteiger partial charge in [0.15, 0.2) is 5.13 Å². The number of para-hydroxylation sites is 1. The van der Waals surface area contributed by atoms with Crippen LogP contribution in [0.1, 0.15) is 20.9 Å². The van der Waals surface area contributed by atoms with E-state index < -0.39 is 16.2 Å². The van der Waals surface area contributed by atoms with E-state index in [1.165, 1.54) is 11.3 Å². The maximum Gasteiger partial charge on any atom is 0.263 e. The number of amides is 1. The summed E-state index contributed by atoms with van der Waals surface area (Å²) in [6, 6.07) is 6.85. The number of carbonyl (C=O) groups is 1. The van der Waals surface area contributed by atoms with Crippen molar-refractivity contribution in [3.05, 3.63) is 57.3 Å². The quantitative estimate of drug-likeness (QED) is 0.704. The number of hydrogen-bond donors (Lipinski definition) is 2. The first-order chi connectivity index (χ1) is 10.6. The molecule has 0 aliphatic heterocycles. The van der Waals surface area contributed by atoms with Crippen LogP contribution in [0.2, 0.25) is 0 Å². The van der Waals surface area contributed by atoms with Crippen molar-refractivity contribution in [2.24, 2.45) is 0 Å². The fraction of sp³-hybridized carbons (Fsp3) is 0.0714. The van der Waals surface area contributed by atoms with Crippen molar-refractivity contribution in [2.45, 2.75) is 4.84 Å². The predicted molar refractivity (Wildman–Crippen MR) is 89.1 cm³/mol. The standard InChI is InChI=1S/C14H9Cl2N3O2S/c15-12(16)10-9(13(21)19-14-17-5-6-22-14)11(20)7-3-1-2-4-8(7)18-10/h1-6,12H,(H,18,20)(H,17,19,21). The largest absolute Gasteiger partial charge is 0.355 e. The highest BCUT2D eigenvalue weighted by atomic mass is 35.5. The number of alkyl halides is 2. The molecule has 0 aliphatic carbocycles. The summed E-state index contributed by atoms with van der Waals surface area (Å²) in [5.41, 5.74) is 0.203. The Balaban J connectivity index is 2.18. The van der Waals surface area contributed by atoms with Gasteiger partial charge < -0.3 is 4.98 Å². The normalized spacial score (nSPS) is 11.0. The molecule has 0 spiro atoms. The number of benzene rings is 1. The molecule has 0 radical (unpaired) electrons. The Morgan fingerprint density at radius 3 is 2.77 bits per heavy atom. The lowest BCUT2D eigenvalue weighted by molar-refractivity contribution is 0.102. The Kier molecular flexibility index (Phi) is 4.15. The van der Waals surface area contributed by atoms with Gasteiger partial charge in [0.25, 0.3) is 5.91 Å². The molecule has 2 heterocycles. The van der Waals surface area contributed by atoms with Crippen molar-refractivity contribution in [2.75, 3.05) is 5.32 Å². The van der Waals surface area contributed by atoms with Gasteiger partial charge in [0.05, 0.1) is 5.69 Å². The Morgan fingerprint density at radius 2 is 2.09 bits per heavy atom. The number of rotatable bonds is 3.